The van der Waals surface area contributed by atoms with Crippen LogP contribution in [0.2, 0.25) is 0 Å². The number of esters is 1. The van der Waals surface area contributed by atoms with Crippen molar-refractivity contribution in [3.05, 3.63) is 64.7 Å². The predicted octanol–water partition coefficient (Wildman–Crippen LogP) is 4.21. The van der Waals surface area contributed by atoms with Gasteiger partial charge >= 0.3 is 5.97 Å². The lowest BCUT2D eigenvalue weighted by Crippen LogP contribution is -2.48. The molecule has 6 heteroatoms. The molecule has 0 unspecified atom stereocenters. The highest BCUT2D eigenvalue weighted by atomic mass is 35.5. The van der Waals surface area contributed by atoms with Crippen LogP contribution in [0.5, 0.6) is 5.75 Å². The number of halogens is 1. The lowest BCUT2D eigenvalue weighted by Gasteiger charge is -2.36. The molecule has 5 nitrogen and oxygen atoms in total. The van der Waals surface area contributed by atoms with Crippen LogP contribution in [0.1, 0.15) is 60.3 Å². The third-order valence-electron chi connectivity index (χ3n) is 4.96. The van der Waals surface area contributed by atoms with Crippen molar-refractivity contribution in [1.29, 1.82) is 0 Å². The molecule has 0 saturated heterocycles. The molecular weight excluding hydrogens is 390 g/mol. The van der Waals surface area contributed by atoms with E-state index in [-0.39, 0.29) is 24.0 Å². The maximum absolute atomic E-state index is 12.5. The normalized spacial score (nSPS) is 18.4. The number of aliphatic hydroxyl groups excluding tert-OH is 1. The highest BCUT2D eigenvalue weighted by Crippen LogP contribution is 2.37. The van der Waals surface area contributed by atoms with Crippen LogP contribution in [-0.2, 0) is 17.8 Å². The van der Waals surface area contributed by atoms with Crippen molar-refractivity contribution < 1.29 is 19.4 Å². The Kier molecular flexibility index (Phi) is 7.69. The van der Waals surface area contributed by atoms with Gasteiger partial charge in [0.1, 0.15) is 17.9 Å². The van der Waals surface area contributed by atoms with Crippen molar-refractivity contribution in [2.75, 3.05) is 7.11 Å². The first kappa shape index (κ1) is 23.2. The second-order valence-corrected chi connectivity index (χ2v) is 8.26. The number of nitrogens with one attached hydrogen (secondary N) is 1. The van der Waals surface area contributed by atoms with Gasteiger partial charge in [0.05, 0.1) is 13.2 Å². The van der Waals surface area contributed by atoms with E-state index in [4.69, 9.17) is 9.47 Å². The van der Waals surface area contributed by atoms with E-state index in [1.165, 1.54) is 7.11 Å². The summed E-state index contributed by atoms with van der Waals surface area (Å²) in [6, 6.07) is 13.4. The zero-order valence-corrected chi connectivity index (χ0v) is 18.2. The Morgan fingerprint density at radius 2 is 1.86 bits per heavy atom. The van der Waals surface area contributed by atoms with E-state index < -0.39 is 12.1 Å². The van der Waals surface area contributed by atoms with Gasteiger partial charge in [0.25, 0.3) is 0 Å². The fourth-order valence-electron chi connectivity index (χ4n) is 3.75. The Morgan fingerprint density at radius 3 is 2.48 bits per heavy atom. The van der Waals surface area contributed by atoms with Gasteiger partial charge in [-0.15, -0.1) is 12.4 Å². The van der Waals surface area contributed by atoms with Gasteiger partial charge in [-0.3, -0.25) is 0 Å². The van der Waals surface area contributed by atoms with Crippen molar-refractivity contribution in [3.8, 4) is 5.75 Å². The lowest BCUT2D eigenvalue weighted by atomic mass is 9.82. The van der Waals surface area contributed by atoms with Crippen LogP contribution in [0.3, 0.4) is 0 Å². The Balaban J connectivity index is 0.00000300. The minimum atomic E-state index is -0.686. The standard InChI is InChI=1S/C23H29NO4.ClH/c1-23(2,3)24-18-12-10-16-17(21(18)25)11-13-19(20(16)22(26)27-4)28-14-15-8-6-5-7-9-15;/h5-9,11,13,18,21,24-25H,10,12,14H2,1-4H3;1H/t18-,21-;/m1./s1. The fourth-order valence-corrected chi connectivity index (χ4v) is 3.75. The molecule has 158 valence electrons. The minimum Gasteiger partial charge on any atom is -0.488 e. The smallest absolute Gasteiger partial charge is 0.341 e. The number of aliphatic hydroxyl groups is 1. The van der Waals surface area contributed by atoms with Gasteiger partial charge in [-0.25, -0.2) is 4.79 Å². The SMILES string of the molecule is COC(=O)c1c(OCc2ccccc2)ccc2c1CC[C@@H](NC(C)(C)C)[C@@H]2O.Cl. The highest BCUT2D eigenvalue weighted by molar-refractivity contribution is 5.94. The van der Waals surface area contributed by atoms with Crippen molar-refractivity contribution >= 4 is 18.4 Å². The van der Waals surface area contributed by atoms with E-state index in [1.807, 2.05) is 36.4 Å². The zero-order valence-electron chi connectivity index (χ0n) is 17.4. The van der Waals surface area contributed by atoms with Crippen LogP contribution in [0.25, 0.3) is 0 Å². The highest BCUT2D eigenvalue weighted by Gasteiger charge is 2.34. The first-order chi connectivity index (χ1) is 13.3. The average molecular weight is 420 g/mol. The topological polar surface area (TPSA) is 67.8 Å². The molecular formula is C23H30ClNO4. The Morgan fingerprint density at radius 1 is 1.17 bits per heavy atom. The van der Waals surface area contributed by atoms with Gasteiger partial charge in [0.15, 0.2) is 0 Å². The zero-order chi connectivity index (χ0) is 20.3. The number of hydrogen-bond donors (Lipinski definition) is 2. The molecule has 1 aliphatic rings. The van der Waals surface area contributed by atoms with Gasteiger partial charge < -0.3 is 19.9 Å². The number of ether oxygens (including phenoxy) is 2. The van der Waals surface area contributed by atoms with Crippen molar-refractivity contribution in [2.24, 2.45) is 0 Å². The van der Waals surface area contributed by atoms with E-state index in [2.05, 4.69) is 26.1 Å². The average Bonchev–Trinajstić information content (AvgIpc) is 2.67. The molecule has 2 N–H and O–H groups in total. The molecule has 2 aromatic rings. The summed E-state index contributed by atoms with van der Waals surface area (Å²) in [6.45, 7) is 6.60. The molecule has 0 bridgehead atoms. The quantitative estimate of drug-likeness (QED) is 0.710. The van der Waals surface area contributed by atoms with Gasteiger partial charge in [-0.2, -0.15) is 0 Å². The van der Waals surface area contributed by atoms with Gasteiger partial charge in [-0.05, 0) is 56.4 Å². The molecule has 0 heterocycles. The third-order valence-corrected chi connectivity index (χ3v) is 4.96. The van der Waals surface area contributed by atoms with E-state index in [0.717, 1.165) is 23.1 Å². The maximum Gasteiger partial charge on any atom is 0.341 e. The van der Waals surface area contributed by atoms with Crippen LogP contribution < -0.4 is 10.1 Å². The second-order valence-electron chi connectivity index (χ2n) is 8.26. The van der Waals surface area contributed by atoms with Crippen LogP contribution in [0.4, 0.5) is 0 Å². The fraction of sp³-hybridized carbons (Fsp3) is 0.435. The first-order valence-electron chi connectivity index (χ1n) is 9.66. The van der Waals surface area contributed by atoms with Crippen LogP contribution >= 0.6 is 12.4 Å². The molecule has 0 amide bonds. The number of carbonyl (C=O) groups excluding carboxylic acids is 1. The molecule has 1 aliphatic carbocycles. The van der Waals surface area contributed by atoms with Crippen LogP contribution in [-0.4, -0.2) is 29.8 Å². The number of methoxy groups -OCH3 is 1. The lowest BCUT2D eigenvalue weighted by molar-refractivity contribution is 0.0590. The largest absolute Gasteiger partial charge is 0.488 e. The van der Waals surface area contributed by atoms with E-state index in [1.54, 1.807) is 6.07 Å². The number of rotatable bonds is 5. The van der Waals surface area contributed by atoms with E-state index in [9.17, 15) is 9.90 Å². The van der Waals surface area contributed by atoms with E-state index in [0.29, 0.717) is 24.3 Å². The molecule has 3 rings (SSSR count). The minimum absolute atomic E-state index is 0. The van der Waals surface area contributed by atoms with Gasteiger partial charge in [-0.1, -0.05) is 36.4 Å². The van der Waals surface area contributed by atoms with Crippen molar-refractivity contribution in [1.82, 2.24) is 5.32 Å². The molecule has 29 heavy (non-hydrogen) atoms. The second kappa shape index (κ2) is 9.61. The van der Waals surface area contributed by atoms with Gasteiger partial charge in [0, 0.05) is 11.6 Å². The number of fused-ring (bicyclic) bond motifs is 1. The molecule has 2 aromatic carbocycles. The molecule has 0 fully saturated rings. The summed E-state index contributed by atoms with van der Waals surface area (Å²) in [5.74, 6) is 0.0539. The molecule has 0 radical (unpaired) electrons. The number of carbonyl (C=O) groups is 1. The monoisotopic (exact) mass is 419 g/mol. The Labute approximate surface area is 178 Å². The number of benzene rings is 2. The Bertz CT molecular complexity index is 833. The molecule has 0 aromatic heterocycles. The molecule has 0 aliphatic heterocycles. The summed E-state index contributed by atoms with van der Waals surface area (Å²) in [5, 5.41) is 14.4. The predicted molar refractivity (Wildman–Crippen MR) is 116 cm³/mol. The summed E-state index contributed by atoms with van der Waals surface area (Å²) in [7, 11) is 1.37. The van der Waals surface area contributed by atoms with E-state index >= 15 is 0 Å². The molecule has 0 saturated carbocycles. The summed E-state index contributed by atoms with van der Waals surface area (Å²) in [5.41, 5.74) is 2.92. The summed E-state index contributed by atoms with van der Waals surface area (Å²) >= 11 is 0. The first-order valence-corrected chi connectivity index (χ1v) is 9.66. The van der Waals surface area contributed by atoms with Crippen molar-refractivity contribution in [3.63, 3.8) is 0 Å². The number of hydrogen-bond acceptors (Lipinski definition) is 5. The van der Waals surface area contributed by atoms with Crippen LogP contribution in [0.15, 0.2) is 42.5 Å². The Hall–Kier alpha value is -2.08. The summed E-state index contributed by atoms with van der Waals surface area (Å²) in [4.78, 5) is 12.5. The molecule has 2 atom stereocenters. The summed E-state index contributed by atoms with van der Waals surface area (Å²) in [6.07, 6.45) is 0.722. The molecule has 0 spiro atoms. The van der Waals surface area contributed by atoms with Crippen molar-refractivity contribution in [2.45, 2.75) is 57.9 Å². The maximum atomic E-state index is 12.5. The summed E-state index contributed by atoms with van der Waals surface area (Å²) < 4.78 is 11.0. The van der Waals surface area contributed by atoms with Crippen LogP contribution in [0, 0.1) is 0 Å². The van der Waals surface area contributed by atoms with Gasteiger partial charge in [0.2, 0.25) is 0 Å². The third kappa shape index (κ3) is 5.50.